The van der Waals surface area contributed by atoms with Gasteiger partial charge >= 0.3 is 0 Å². The van der Waals surface area contributed by atoms with Crippen molar-refractivity contribution in [1.29, 1.82) is 0 Å². The summed E-state index contributed by atoms with van der Waals surface area (Å²) in [4.78, 5) is 28.9. The van der Waals surface area contributed by atoms with E-state index in [9.17, 15) is 9.59 Å². The summed E-state index contributed by atoms with van der Waals surface area (Å²) >= 11 is 17.7. The van der Waals surface area contributed by atoms with Crippen molar-refractivity contribution in [1.82, 2.24) is 10.2 Å². The number of amides is 2. The maximum absolute atomic E-state index is 12.5. The molecular weight excluding hydrogens is 467 g/mol. The zero-order valence-electron chi connectivity index (χ0n) is 18.0. The lowest BCUT2D eigenvalue weighted by Gasteiger charge is -2.37. The van der Waals surface area contributed by atoms with Crippen LogP contribution in [0.1, 0.15) is 30.6 Å². The van der Waals surface area contributed by atoms with Gasteiger partial charge in [0.2, 0.25) is 5.91 Å². The summed E-state index contributed by atoms with van der Waals surface area (Å²) in [5.74, 6) is 0.140. The van der Waals surface area contributed by atoms with Crippen LogP contribution in [0, 0.1) is 5.92 Å². The Kier molecular flexibility index (Phi) is 8.34. The van der Waals surface area contributed by atoms with E-state index in [2.05, 4.69) is 15.5 Å². The molecule has 0 spiro atoms. The molecule has 32 heavy (non-hydrogen) atoms. The third-order valence-corrected chi connectivity index (χ3v) is 5.88. The fourth-order valence-corrected chi connectivity index (χ4v) is 4.12. The van der Waals surface area contributed by atoms with Gasteiger partial charge in [-0.25, -0.2) is 0 Å². The largest absolute Gasteiger partial charge is 0.366 e. The first-order valence-electron chi connectivity index (χ1n) is 10.4. The molecule has 0 unspecified atom stereocenters. The summed E-state index contributed by atoms with van der Waals surface area (Å²) in [6.07, 6.45) is 0.563. The van der Waals surface area contributed by atoms with Crippen molar-refractivity contribution in [3.8, 4) is 0 Å². The molecule has 2 N–H and O–H groups in total. The molecule has 170 valence electrons. The van der Waals surface area contributed by atoms with Crippen molar-refractivity contribution in [2.45, 2.75) is 20.3 Å². The molecule has 0 aliphatic carbocycles. The summed E-state index contributed by atoms with van der Waals surface area (Å²) in [7, 11) is 0. The maximum atomic E-state index is 12.5. The second-order valence-electron chi connectivity index (χ2n) is 8.02. The first kappa shape index (κ1) is 24.3. The van der Waals surface area contributed by atoms with Crippen LogP contribution in [-0.2, 0) is 4.79 Å². The topological polar surface area (TPSA) is 64.7 Å². The molecule has 1 aliphatic rings. The Hall–Kier alpha value is -2.35. The Bertz CT molecular complexity index is 1010. The summed E-state index contributed by atoms with van der Waals surface area (Å²) in [5.41, 5.74) is 1.93. The molecule has 0 radical (unpaired) electrons. The van der Waals surface area contributed by atoms with E-state index in [-0.39, 0.29) is 11.0 Å². The van der Waals surface area contributed by atoms with Crippen LogP contribution in [0.25, 0.3) is 0 Å². The number of hydrogen-bond donors (Lipinski definition) is 2. The van der Waals surface area contributed by atoms with Gasteiger partial charge in [-0.1, -0.05) is 49.2 Å². The predicted molar refractivity (Wildman–Crippen MR) is 135 cm³/mol. The number of carbonyl (C=O) groups excluding carboxylic acids is 2. The molecule has 0 atom stereocenters. The average Bonchev–Trinajstić information content (AvgIpc) is 2.73. The highest BCUT2D eigenvalue weighted by molar-refractivity contribution is 7.80. The number of anilines is 2. The van der Waals surface area contributed by atoms with Gasteiger partial charge in [-0.2, -0.15) is 0 Å². The highest BCUT2D eigenvalue weighted by Crippen LogP contribution is 2.30. The van der Waals surface area contributed by atoms with Crippen molar-refractivity contribution in [3.05, 3.63) is 58.1 Å². The van der Waals surface area contributed by atoms with E-state index in [1.807, 2.05) is 30.9 Å². The van der Waals surface area contributed by atoms with Gasteiger partial charge in [0.25, 0.3) is 5.91 Å². The third kappa shape index (κ3) is 6.34. The Labute approximate surface area is 203 Å². The minimum Gasteiger partial charge on any atom is -0.366 e. The number of nitrogens with zero attached hydrogens (tertiary/aromatic N) is 2. The van der Waals surface area contributed by atoms with Crippen LogP contribution in [0.2, 0.25) is 10.0 Å². The van der Waals surface area contributed by atoms with E-state index in [4.69, 9.17) is 35.4 Å². The summed E-state index contributed by atoms with van der Waals surface area (Å²) in [5, 5.41) is 6.77. The van der Waals surface area contributed by atoms with Gasteiger partial charge < -0.3 is 15.1 Å². The number of thiocarbonyl (C=S) groups is 1. The molecule has 1 heterocycles. The van der Waals surface area contributed by atoms with Gasteiger partial charge in [0, 0.05) is 37.6 Å². The predicted octanol–water partition coefficient (Wildman–Crippen LogP) is 4.81. The molecule has 2 aromatic rings. The number of halogens is 2. The Balaban J connectivity index is 1.67. The van der Waals surface area contributed by atoms with Crippen LogP contribution >= 0.6 is 35.4 Å². The lowest BCUT2D eigenvalue weighted by Crippen LogP contribution is -2.49. The van der Waals surface area contributed by atoms with Crippen LogP contribution < -0.4 is 15.5 Å². The van der Waals surface area contributed by atoms with Crippen molar-refractivity contribution < 1.29 is 9.59 Å². The first-order chi connectivity index (χ1) is 15.2. The SMILES string of the molecule is CC(C)CC(=O)N1CCN(c2ccc(Cl)cc2NC(=S)NC(=O)c2ccccc2Cl)CC1. The van der Waals surface area contributed by atoms with Crippen molar-refractivity contribution in [3.63, 3.8) is 0 Å². The van der Waals surface area contributed by atoms with Gasteiger partial charge in [-0.15, -0.1) is 0 Å². The highest BCUT2D eigenvalue weighted by Gasteiger charge is 2.23. The molecule has 3 rings (SSSR count). The van der Waals surface area contributed by atoms with Gasteiger partial charge in [-0.05, 0) is 48.5 Å². The summed E-state index contributed by atoms with van der Waals surface area (Å²) in [6, 6.07) is 12.3. The van der Waals surface area contributed by atoms with Gasteiger partial charge in [-0.3, -0.25) is 14.9 Å². The lowest BCUT2D eigenvalue weighted by atomic mass is 10.1. The van der Waals surface area contributed by atoms with E-state index in [0.717, 1.165) is 5.69 Å². The third-order valence-electron chi connectivity index (χ3n) is 5.11. The Morgan fingerprint density at radius 2 is 1.75 bits per heavy atom. The van der Waals surface area contributed by atoms with Crippen LogP contribution in [0.3, 0.4) is 0 Å². The fourth-order valence-electron chi connectivity index (χ4n) is 3.53. The highest BCUT2D eigenvalue weighted by atomic mass is 35.5. The van der Waals surface area contributed by atoms with Crippen molar-refractivity contribution >= 4 is 63.7 Å². The van der Waals surface area contributed by atoms with Gasteiger partial charge in [0.1, 0.15) is 0 Å². The second kappa shape index (κ2) is 11.0. The fraction of sp³-hybridized carbons (Fsp3) is 0.348. The number of piperazine rings is 1. The zero-order chi connectivity index (χ0) is 23.3. The standard InChI is InChI=1S/C23H26Cl2N4O2S/c1-15(2)13-21(30)29-11-9-28(10-12-29)20-8-7-16(24)14-19(20)26-23(32)27-22(31)17-5-3-4-6-18(17)25/h3-8,14-15H,9-13H2,1-2H3,(H2,26,27,31,32). The lowest BCUT2D eigenvalue weighted by molar-refractivity contribution is -0.132. The first-order valence-corrected chi connectivity index (χ1v) is 11.6. The number of nitrogens with one attached hydrogen (secondary N) is 2. The van der Waals surface area contributed by atoms with E-state index in [1.54, 1.807) is 30.3 Å². The summed E-state index contributed by atoms with van der Waals surface area (Å²) < 4.78 is 0. The molecule has 6 nitrogen and oxygen atoms in total. The van der Waals surface area contributed by atoms with E-state index < -0.39 is 5.91 Å². The average molecular weight is 493 g/mol. The van der Waals surface area contributed by atoms with Gasteiger partial charge in [0.15, 0.2) is 5.11 Å². The monoisotopic (exact) mass is 492 g/mol. The smallest absolute Gasteiger partial charge is 0.258 e. The van der Waals surface area contributed by atoms with Crippen LogP contribution in [0.15, 0.2) is 42.5 Å². The molecule has 2 aromatic carbocycles. The molecule has 1 fully saturated rings. The number of rotatable bonds is 5. The normalized spacial score (nSPS) is 13.8. The summed E-state index contributed by atoms with van der Waals surface area (Å²) in [6.45, 7) is 6.79. The minimum atomic E-state index is -0.394. The molecule has 0 saturated carbocycles. The Morgan fingerprint density at radius 3 is 2.41 bits per heavy atom. The molecule has 9 heteroatoms. The number of hydrogen-bond acceptors (Lipinski definition) is 4. The molecule has 0 aromatic heterocycles. The minimum absolute atomic E-state index is 0.143. The molecule has 1 saturated heterocycles. The van der Waals surface area contributed by atoms with E-state index in [0.29, 0.717) is 59.8 Å². The number of carbonyl (C=O) groups is 2. The second-order valence-corrected chi connectivity index (χ2v) is 9.27. The Morgan fingerprint density at radius 1 is 1.06 bits per heavy atom. The molecular formula is C23H26Cl2N4O2S. The van der Waals surface area contributed by atoms with E-state index >= 15 is 0 Å². The van der Waals surface area contributed by atoms with Crippen molar-refractivity contribution in [2.75, 3.05) is 36.4 Å². The molecule has 2 amide bonds. The van der Waals surface area contributed by atoms with Gasteiger partial charge in [0.05, 0.1) is 22.0 Å². The van der Waals surface area contributed by atoms with Crippen LogP contribution in [0.4, 0.5) is 11.4 Å². The maximum Gasteiger partial charge on any atom is 0.258 e. The van der Waals surface area contributed by atoms with Crippen molar-refractivity contribution in [2.24, 2.45) is 5.92 Å². The molecule has 0 bridgehead atoms. The zero-order valence-corrected chi connectivity index (χ0v) is 20.4. The number of benzene rings is 2. The van der Waals surface area contributed by atoms with Crippen LogP contribution in [-0.4, -0.2) is 48.0 Å². The van der Waals surface area contributed by atoms with E-state index in [1.165, 1.54) is 0 Å². The van der Waals surface area contributed by atoms with Crippen LogP contribution in [0.5, 0.6) is 0 Å². The molecule has 1 aliphatic heterocycles. The quantitative estimate of drug-likeness (QED) is 0.586.